The van der Waals surface area contributed by atoms with Crippen molar-refractivity contribution in [2.75, 3.05) is 23.8 Å². The molecule has 0 spiro atoms. The van der Waals surface area contributed by atoms with Crippen molar-refractivity contribution in [3.8, 4) is 17.0 Å². The van der Waals surface area contributed by atoms with Gasteiger partial charge < -0.3 is 20.5 Å². The molecule has 0 saturated carbocycles. The SMILES string of the molecule is OCCNc1nc(Nc2c(Cl)cccc2Cl)cc(-c2cccc(OC(F)(F)F)c2)n1. The zero-order valence-corrected chi connectivity index (χ0v) is 16.7. The highest BCUT2D eigenvalue weighted by Gasteiger charge is 2.31. The molecule has 6 nitrogen and oxygen atoms in total. The minimum atomic E-state index is -4.81. The molecule has 1 aromatic heterocycles. The Balaban J connectivity index is 2.00. The number of nitrogens with zero attached hydrogens (tertiary/aromatic N) is 2. The van der Waals surface area contributed by atoms with Crippen LogP contribution in [0.15, 0.2) is 48.5 Å². The van der Waals surface area contributed by atoms with Crippen LogP contribution in [0.3, 0.4) is 0 Å². The summed E-state index contributed by atoms with van der Waals surface area (Å²) in [4.78, 5) is 8.57. The summed E-state index contributed by atoms with van der Waals surface area (Å²) in [7, 11) is 0. The number of para-hydroxylation sites is 1. The van der Waals surface area contributed by atoms with E-state index in [0.29, 0.717) is 27.0 Å². The van der Waals surface area contributed by atoms with Crippen LogP contribution in [0, 0.1) is 0 Å². The fourth-order valence-corrected chi connectivity index (χ4v) is 3.00. The number of aromatic nitrogens is 2. The number of hydrogen-bond acceptors (Lipinski definition) is 6. The lowest BCUT2D eigenvalue weighted by Gasteiger charge is -2.14. The highest BCUT2D eigenvalue weighted by atomic mass is 35.5. The molecule has 0 aliphatic heterocycles. The Hall–Kier alpha value is -2.75. The molecular formula is C19H15Cl2F3N4O2. The normalized spacial score (nSPS) is 11.3. The lowest BCUT2D eigenvalue weighted by atomic mass is 10.1. The van der Waals surface area contributed by atoms with Crippen LogP contribution in [0.4, 0.5) is 30.6 Å². The number of aliphatic hydroxyl groups is 1. The van der Waals surface area contributed by atoms with Gasteiger partial charge >= 0.3 is 6.36 Å². The molecule has 3 N–H and O–H groups in total. The molecule has 0 aliphatic rings. The quantitative estimate of drug-likeness (QED) is 0.433. The number of aliphatic hydroxyl groups excluding tert-OH is 1. The van der Waals surface area contributed by atoms with Crippen LogP contribution in [0.1, 0.15) is 0 Å². The minimum Gasteiger partial charge on any atom is -0.406 e. The molecule has 0 atom stereocenters. The number of rotatable bonds is 7. The highest BCUT2D eigenvalue weighted by molar-refractivity contribution is 6.39. The molecule has 0 fully saturated rings. The molecule has 0 saturated heterocycles. The van der Waals surface area contributed by atoms with Crippen molar-refractivity contribution in [2.24, 2.45) is 0 Å². The zero-order valence-electron chi connectivity index (χ0n) is 15.2. The summed E-state index contributed by atoms with van der Waals surface area (Å²) in [5, 5.41) is 15.6. The molecule has 0 radical (unpaired) electrons. The average Bonchev–Trinajstić information content (AvgIpc) is 2.68. The molecule has 0 aliphatic carbocycles. The van der Waals surface area contributed by atoms with Gasteiger partial charge in [0.15, 0.2) is 0 Å². The maximum Gasteiger partial charge on any atom is 0.573 e. The largest absolute Gasteiger partial charge is 0.573 e. The van der Waals surface area contributed by atoms with Crippen molar-refractivity contribution in [1.82, 2.24) is 9.97 Å². The van der Waals surface area contributed by atoms with Crippen LogP contribution < -0.4 is 15.4 Å². The smallest absolute Gasteiger partial charge is 0.406 e. The van der Waals surface area contributed by atoms with E-state index < -0.39 is 6.36 Å². The Labute approximate surface area is 179 Å². The van der Waals surface area contributed by atoms with Gasteiger partial charge in [0.25, 0.3) is 0 Å². The van der Waals surface area contributed by atoms with E-state index in [-0.39, 0.29) is 30.7 Å². The second-order valence-electron chi connectivity index (χ2n) is 5.91. The van der Waals surface area contributed by atoms with Gasteiger partial charge in [-0.05, 0) is 24.3 Å². The molecule has 158 valence electrons. The van der Waals surface area contributed by atoms with E-state index >= 15 is 0 Å². The first-order chi connectivity index (χ1) is 14.2. The summed E-state index contributed by atoms with van der Waals surface area (Å²) in [5.41, 5.74) is 1.08. The van der Waals surface area contributed by atoms with Gasteiger partial charge in [-0.25, -0.2) is 4.98 Å². The van der Waals surface area contributed by atoms with Crippen LogP contribution in [0.5, 0.6) is 5.75 Å². The number of hydrogen-bond donors (Lipinski definition) is 3. The first kappa shape index (κ1) is 21.9. The van der Waals surface area contributed by atoms with Crippen LogP contribution >= 0.6 is 23.2 Å². The van der Waals surface area contributed by atoms with E-state index in [9.17, 15) is 13.2 Å². The van der Waals surface area contributed by atoms with Gasteiger partial charge in [0.1, 0.15) is 11.6 Å². The second kappa shape index (κ2) is 9.38. The number of alkyl halides is 3. The summed E-state index contributed by atoms with van der Waals surface area (Å²) in [6.45, 7) is 0.00850. The van der Waals surface area contributed by atoms with Crippen LogP contribution in [-0.2, 0) is 0 Å². The van der Waals surface area contributed by atoms with Crippen molar-refractivity contribution in [2.45, 2.75) is 6.36 Å². The first-order valence-corrected chi connectivity index (χ1v) is 9.32. The van der Waals surface area contributed by atoms with Crippen molar-refractivity contribution in [3.05, 3.63) is 58.6 Å². The molecule has 0 amide bonds. The van der Waals surface area contributed by atoms with Crippen LogP contribution in [0.2, 0.25) is 10.0 Å². The Bertz CT molecular complexity index is 1010. The Kier molecular flexibility index (Phi) is 6.86. The Morgan fingerprint density at radius 2 is 1.70 bits per heavy atom. The number of halogens is 5. The van der Waals surface area contributed by atoms with Gasteiger partial charge in [0, 0.05) is 18.2 Å². The van der Waals surface area contributed by atoms with Crippen LogP contribution in [0.25, 0.3) is 11.3 Å². The van der Waals surface area contributed by atoms with Crippen molar-refractivity contribution >= 4 is 40.7 Å². The highest BCUT2D eigenvalue weighted by Crippen LogP contribution is 2.34. The van der Waals surface area contributed by atoms with E-state index in [0.717, 1.165) is 0 Å². The van der Waals surface area contributed by atoms with E-state index in [2.05, 4.69) is 25.3 Å². The van der Waals surface area contributed by atoms with Gasteiger partial charge in [-0.1, -0.05) is 41.4 Å². The first-order valence-electron chi connectivity index (χ1n) is 8.56. The third-order valence-corrected chi connectivity index (χ3v) is 4.33. The van der Waals surface area contributed by atoms with E-state index in [1.807, 2.05) is 0 Å². The maximum absolute atomic E-state index is 12.5. The number of nitrogens with one attached hydrogen (secondary N) is 2. The number of ether oxygens (including phenoxy) is 1. The number of anilines is 3. The van der Waals surface area contributed by atoms with E-state index in [4.69, 9.17) is 28.3 Å². The fraction of sp³-hybridized carbons (Fsp3) is 0.158. The molecule has 3 rings (SSSR count). The summed E-state index contributed by atoms with van der Waals surface area (Å²) >= 11 is 12.4. The summed E-state index contributed by atoms with van der Waals surface area (Å²) < 4.78 is 41.6. The van der Waals surface area contributed by atoms with Gasteiger partial charge in [0.05, 0.1) is 28.0 Å². The lowest BCUT2D eigenvalue weighted by molar-refractivity contribution is -0.274. The Morgan fingerprint density at radius 1 is 1.00 bits per heavy atom. The van der Waals surface area contributed by atoms with Crippen molar-refractivity contribution in [1.29, 1.82) is 0 Å². The molecule has 1 heterocycles. The molecule has 2 aromatic carbocycles. The predicted molar refractivity (Wildman–Crippen MR) is 109 cm³/mol. The topological polar surface area (TPSA) is 79.3 Å². The monoisotopic (exact) mass is 458 g/mol. The second-order valence-corrected chi connectivity index (χ2v) is 6.72. The lowest BCUT2D eigenvalue weighted by Crippen LogP contribution is -2.17. The fourth-order valence-electron chi connectivity index (χ4n) is 2.50. The average molecular weight is 459 g/mol. The minimum absolute atomic E-state index is 0.148. The van der Waals surface area contributed by atoms with Crippen molar-refractivity contribution in [3.63, 3.8) is 0 Å². The van der Waals surface area contributed by atoms with Gasteiger partial charge in [-0.15, -0.1) is 13.2 Å². The summed E-state index contributed by atoms with van der Waals surface area (Å²) in [6.07, 6.45) is -4.81. The van der Waals surface area contributed by atoms with Crippen molar-refractivity contribution < 1.29 is 23.0 Å². The molecule has 30 heavy (non-hydrogen) atoms. The molecule has 3 aromatic rings. The summed E-state index contributed by atoms with van der Waals surface area (Å²) in [6, 6.07) is 11.9. The summed E-state index contributed by atoms with van der Waals surface area (Å²) in [5.74, 6) is 0.0547. The maximum atomic E-state index is 12.5. The molecule has 11 heteroatoms. The Morgan fingerprint density at radius 3 is 2.37 bits per heavy atom. The third kappa shape index (κ3) is 5.88. The van der Waals surface area contributed by atoms with Gasteiger partial charge in [-0.3, -0.25) is 0 Å². The predicted octanol–water partition coefficient (Wildman–Crippen LogP) is 5.50. The molecule has 0 bridgehead atoms. The standard InChI is InChI=1S/C19H15Cl2F3N4O2/c20-13-5-2-6-14(21)17(13)27-16-10-15(26-18(28-16)25-7-8-29)11-3-1-4-12(9-11)30-19(22,23)24/h1-6,9-10,29H,7-8H2,(H2,25,26,27,28). The zero-order chi connectivity index (χ0) is 21.7. The van der Waals surface area contributed by atoms with E-state index in [1.165, 1.54) is 24.3 Å². The molecule has 0 unspecified atom stereocenters. The van der Waals surface area contributed by atoms with Gasteiger partial charge in [0.2, 0.25) is 5.95 Å². The van der Waals surface area contributed by atoms with Gasteiger partial charge in [-0.2, -0.15) is 4.98 Å². The number of benzene rings is 2. The third-order valence-electron chi connectivity index (χ3n) is 3.70. The molecular weight excluding hydrogens is 444 g/mol. The van der Waals surface area contributed by atoms with Crippen LogP contribution in [-0.4, -0.2) is 34.6 Å². The van der Waals surface area contributed by atoms with E-state index in [1.54, 1.807) is 24.3 Å².